The predicted molar refractivity (Wildman–Crippen MR) is 70.4 cm³/mol. The molecule has 0 fully saturated rings. The molecule has 0 aliphatic heterocycles. The van der Waals surface area contributed by atoms with Gasteiger partial charge in [-0.15, -0.1) is 0 Å². The Morgan fingerprint density at radius 1 is 1.16 bits per heavy atom. The zero-order valence-corrected chi connectivity index (χ0v) is 10.3. The second-order valence-electron chi connectivity index (χ2n) is 4.04. The van der Waals surface area contributed by atoms with E-state index < -0.39 is 11.6 Å². The molecule has 0 radical (unpaired) electrons. The van der Waals surface area contributed by atoms with Crippen molar-refractivity contribution in [3.8, 4) is 5.69 Å². The number of nitrogens with zero attached hydrogens (tertiary/aromatic N) is 2. The number of halogens is 3. The van der Waals surface area contributed by atoms with E-state index in [-0.39, 0.29) is 16.5 Å². The van der Waals surface area contributed by atoms with E-state index >= 15 is 0 Å². The van der Waals surface area contributed by atoms with E-state index in [9.17, 15) is 8.78 Å². The van der Waals surface area contributed by atoms with Crippen LogP contribution in [0.25, 0.3) is 16.7 Å². The summed E-state index contributed by atoms with van der Waals surface area (Å²) in [6, 6.07) is 8.46. The number of hydrogen-bond acceptors (Lipinski definition) is 2. The molecule has 0 unspecified atom stereocenters. The molecule has 0 saturated heterocycles. The number of anilines is 1. The first-order chi connectivity index (χ1) is 9.06. The summed E-state index contributed by atoms with van der Waals surface area (Å²) >= 11 is 5.81. The third-order valence-electron chi connectivity index (χ3n) is 2.77. The smallest absolute Gasteiger partial charge is 0.206 e. The standard InChI is InChI=1S/C13H8ClF2N3/c14-7-4-8(15)6-9(5-7)19-11-3-1-2-10(16)12(11)18-13(19)17/h1-6H,(H2,17,18). The SMILES string of the molecule is Nc1nc2c(F)cccc2n1-c1cc(F)cc(Cl)c1. The van der Waals surface area contributed by atoms with E-state index in [0.29, 0.717) is 11.2 Å². The Morgan fingerprint density at radius 3 is 2.68 bits per heavy atom. The molecule has 0 aliphatic carbocycles. The van der Waals surface area contributed by atoms with Gasteiger partial charge in [-0.05, 0) is 30.3 Å². The normalized spacial score (nSPS) is 11.1. The van der Waals surface area contributed by atoms with Crippen LogP contribution in [-0.4, -0.2) is 9.55 Å². The molecule has 1 heterocycles. The number of nitrogens with two attached hydrogens (primary N) is 1. The Morgan fingerprint density at radius 2 is 1.95 bits per heavy atom. The minimum Gasteiger partial charge on any atom is -0.369 e. The summed E-state index contributed by atoms with van der Waals surface area (Å²) < 4.78 is 28.5. The van der Waals surface area contributed by atoms with Gasteiger partial charge in [0.15, 0.2) is 5.82 Å². The molecule has 3 nitrogen and oxygen atoms in total. The van der Waals surface area contributed by atoms with Gasteiger partial charge < -0.3 is 5.73 Å². The van der Waals surface area contributed by atoms with Crippen molar-refractivity contribution in [2.24, 2.45) is 0 Å². The van der Waals surface area contributed by atoms with Gasteiger partial charge in [0.1, 0.15) is 11.3 Å². The third kappa shape index (κ3) is 1.92. The quantitative estimate of drug-likeness (QED) is 0.740. The Labute approximate surface area is 112 Å². The van der Waals surface area contributed by atoms with E-state index in [2.05, 4.69) is 4.98 Å². The van der Waals surface area contributed by atoms with Crippen molar-refractivity contribution in [2.75, 3.05) is 5.73 Å². The summed E-state index contributed by atoms with van der Waals surface area (Å²) in [6.45, 7) is 0. The molecule has 1 aromatic heterocycles. The lowest BCUT2D eigenvalue weighted by Crippen LogP contribution is -2.01. The van der Waals surface area contributed by atoms with Gasteiger partial charge in [-0.2, -0.15) is 0 Å². The first-order valence-corrected chi connectivity index (χ1v) is 5.83. The number of hydrogen-bond donors (Lipinski definition) is 1. The van der Waals surface area contributed by atoms with Crippen LogP contribution < -0.4 is 5.73 Å². The second-order valence-corrected chi connectivity index (χ2v) is 4.48. The van der Waals surface area contributed by atoms with E-state index in [0.717, 1.165) is 0 Å². The van der Waals surface area contributed by atoms with Gasteiger partial charge in [-0.1, -0.05) is 17.7 Å². The number of para-hydroxylation sites is 1. The molecular formula is C13H8ClF2N3. The van der Waals surface area contributed by atoms with Gasteiger partial charge in [0.2, 0.25) is 5.95 Å². The van der Waals surface area contributed by atoms with Gasteiger partial charge in [0.05, 0.1) is 11.2 Å². The van der Waals surface area contributed by atoms with Gasteiger partial charge in [0.25, 0.3) is 0 Å². The van der Waals surface area contributed by atoms with E-state index in [4.69, 9.17) is 17.3 Å². The first kappa shape index (κ1) is 11.9. The van der Waals surface area contributed by atoms with Crippen LogP contribution in [0.15, 0.2) is 36.4 Å². The summed E-state index contributed by atoms with van der Waals surface area (Å²) in [5, 5.41) is 0.229. The molecule has 0 spiro atoms. The summed E-state index contributed by atoms with van der Waals surface area (Å²) in [7, 11) is 0. The maximum atomic E-state index is 13.6. The van der Waals surface area contributed by atoms with Crippen molar-refractivity contribution in [1.29, 1.82) is 0 Å². The van der Waals surface area contributed by atoms with E-state index in [1.54, 1.807) is 6.07 Å². The highest BCUT2D eigenvalue weighted by Gasteiger charge is 2.13. The van der Waals surface area contributed by atoms with Gasteiger partial charge >= 0.3 is 0 Å². The number of aromatic nitrogens is 2. The lowest BCUT2D eigenvalue weighted by molar-refractivity contribution is 0.627. The van der Waals surface area contributed by atoms with Crippen LogP contribution in [0.1, 0.15) is 0 Å². The van der Waals surface area contributed by atoms with Crippen LogP contribution in [0.2, 0.25) is 5.02 Å². The Kier molecular flexibility index (Phi) is 2.64. The summed E-state index contributed by atoms with van der Waals surface area (Å²) in [5.41, 5.74) is 6.77. The molecule has 0 saturated carbocycles. The average Bonchev–Trinajstić information content (AvgIpc) is 2.65. The highest BCUT2D eigenvalue weighted by molar-refractivity contribution is 6.30. The molecule has 0 aliphatic rings. The highest BCUT2D eigenvalue weighted by Crippen LogP contribution is 2.26. The summed E-state index contributed by atoms with van der Waals surface area (Å²) in [4.78, 5) is 3.95. The van der Waals surface area contributed by atoms with Crippen molar-refractivity contribution >= 4 is 28.6 Å². The number of imidazole rings is 1. The van der Waals surface area contributed by atoms with Gasteiger partial charge in [-0.3, -0.25) is 4.57 Å². The molecule has 3 aromatic rings. The summed E-state index contributed by atoms with van der Waals surface area (Å²) in [6.07, 6.45) is 0. The van der Waals surface area contributed by atoms with Crippen molar-refractivity contribution in [1.82, 2.24) is 9.55 Å². The molecule has 0 amide bonds. The van der Waals surface area contributed by atoms with Crippen LogP contribution in [0.4, 0.5) is 14.7 Å². The molecule has 0 bridgehead atoms. The fourth-order valence-electron chi connectivity index (χ4n) is 2.02. The fourth-order valence-corrected chi connectivity index (χ4v) is 2.24. The Balaban J connectivity index is 2.36. The van der Waals surface area contributed by atoms with Crippen molar-refractivity contribution in [3.63, 3.8) is 0 Å². The van der Waals surface area contributed by atoms with Crippen LogP contribution in [0.3, 0.4) is 0 Å². The van der Waals surface area contributed by atoms with Gasteiger partial charge in [0, 0.05) is 5.02 Å². The molecule has 3 rings (SSSR count). The lowest BCUT2D eigenvalue weighted by Gasteiger charge is -2.07. The van der Waals surface area contributed by atoms with Gasteiger partial charge in [-0.25, -0.2) is 13.8 Å². The van der Waals surface area contributed by atoms with Crippen LogP contribution >= 0.6 is 11.6 Å². The topological polar surface area (TPSA) is 43.8 Å². The average molecular weight is 280 g/mol. The highest BCUT2D eigenvalue weighted by atomic mass is 35.5. The Hall–Kier alpha value is -2.14. The molecule has 96 valence electrons. The number of benzene rings is 2. The zero-order chi connectivity index (χ0) is 13.6. The van der Waals surface area contributed by atoms with Crippen LogP contribution in [-0.2, 0) is 0 Å². The van der Waals surface area contributed by atoms with Crippen LogP contribution in [0.5, 0.6) is 0 Å². The third-order valence-corrected chi connectivity index (χ3v) is 2.99. The minimum absolute atomic E-state index is 0.0711. The minimum atomic E-state index is -0.500. The van der Waals surface area contributed by atoms with Crippen molar-refractivity contribution in [3.05, 3.63) is 53.1 Å². The lowest BCUT2D eigenvalue weighted by atomic mass is 10.2. The number of fused-ring (bicyclic) bond motifs is 1. The second kappa shape index (κ2) is 4.20. The molecule has 2 aromatic carbocycles. The summed E-state index contributed by atoms with van der Waals surface area (Å²) in [5.74, 6) is -0.910. The molecular weight excluding hydrogens is 272 g/mol. The fraction of sp³-hybridized carbons (Fsp3) is 0. The maximum absolute atomic E-state index is 13.6. The largest absolute Gasteiger partial charge is 0.369 e. The zero-order valence-electron chi connectivity index (χ0n) is 9.57. The Bertz CT molecular complexity index is 763. The molecule has 19 heavy (non-hydrogen) atoms. The first-order valence-electron chi connectivity index (χ1n) is 5.45. The number of nitrogen functional groups attached to an aromatic ring is 1. The number of rotatable bonds is 1. The molecule has 0 atom stereocenters. The van der Waals surface area contributed by atoms with Crippen LogP contribution in [0, 0.1) is 11.6 Å². The van der Waals surface area contributed by atoms with Crippen molar-refractivity contribution < 1.29 is 8.78 Å². The molecule has 2 N–H and O–H groups in total. The van der Waals surface area contributed by atoms with E-state index in [1.807, 2.05) is 0 Å². The van der Waals surface area contributed by atoms with E-state index in [1.165, 1.54) is 34.9 Å². The predicted octanol–water partition coefficient (Wildman–Crippen LogP) is 3.54. The maximum Gasteiger partial charge on any atom is 0.206 e. The molecule has 6 heteroatoms. The van der Waals surface area contributed by atoms with Crippen molar-refractivity contribution in [2.45, 2.75) is 0 Å². The monoisotopic (exact) mass is 279 g/mol.